The number of hydrogen-bond donors (Lipinski definition) is 1. The van der Waals surface area contributed by atoms with Crippen molar-refractivity contribution >= 4 is 5.78 Å². The third-order valence-electron chi connectivity index (χ3n) is 14.9. The predicted molar refractivity (Wildman–Crippen MR) is 160 cm³/mol. The first-order valence-corrected chi connectivity index (χ1v) is 16.7. The van der Waals surface area contributed by atoms with Crippen LogP contribution in [0.3, 0.4) is 0 Å². The SMILES string of the molecule is CCC=C[C@@](C)(O)OC[C@@]1(C)C(=O)CC[C@@]2(C)[C@H]1CC[C@]1(C)[C@@H]2CC[C@@H]2[C@@H]3[C@@H](C)[C@H](C)CC[C@]3(C)CC[C@]21C. The van der Waals surface area contributed by atoms with Crippen LogP contribution in [0.2, 0.25) is 0 Å². The molecule has 0 heterocycles. The smallest absolute Gasteiger partial charge is 0.182 e. The van der Waals surface area contributed by atoms with Gasteiger partial charge in [0, 0.05) is 6.42 Å². The van der Waals surface area contributed by atoms with Gasteiger partial charge in [0.1, 0.15) is 5.78 Å². The van der Waals surface area contributed by atoms with Crippen LogP contribution in [-0.4, -0.2) is 23.3 Å². The zero-order valence-electron chi connectivity index (χ0n) is 26.9. The van der Waals surface area contributed by atoms with Crippen molar-refractivity contribution in [3.8, 4) is 0 Å². The van der Waals surface area contributed by atoms with Gasteiger partial charge in [-0.2, -0.15) is 0 Å². The lowest BCUT2D eigenvalue weighted by molar-refractivity contribution is -0.253. The van der Waals surface area contributed by atoms with E-state index in [1.807, 2.05) is 6.08 Å². The van der Waals surface area contributed by atoms with E-state index in [1.54, 1.807) is 13.0 Å². The Balaban J connectivity index is 1.45. The zero-order valence-corrected chi connectivity index (χ0v) is 26.9. The molecule has 5 rings (SSSR count). The predicted octanol–water partition coefficient (Wildman–Crippen LogP) is 8.98. The molecule has 0 aromatic rings. The number of ketones is 1. The van der Waals surface area contributed by atoms with Crippen LogP contribution in [0.5, 0.6) is 0 Å². The van der Waals surface area contributed by atoms with E-state index in [4.69, 9.17) is 4.74 Å². The Bertz CT molecular complexity index is 984. The topological polar surface area (TPSA) is 46.5 Å². The van der Waals surface area contributed by atoms with Gasteiger partial charge in [-0.3, -0.25) is 4.79 Å². The third kappa shape index (κ3) is 4.28. The van der Waals surface area contributed by atoms with Gasteiger partial charge in [-0.15, -0.1) is 0 Å². The second-order valence-corrected chi connectivity index (χ2v) is 16.7. The van der Waals surface area contributed by atoms with Gasteiger partial charge in [0.15, 0.2) is 5.79 Å². The lowest BCUT2D eigenvalue weighted by Gasteiger charge is -2.73. The van der Waals surface area contributed by atoms with Crippen LogP contribution in [0.15, 0.2) is 12.2 Å². The zero-order chi connectivity index (χ0) is 28.6. The summed E-state index contributed by atoms with van der Waals surface area (Å²) in [5.41, 5.74) is 0.832. The molecule has 222 valence electrons. The molecule has 39 heavy (non-hydrogen) atoms. The molecular weight excluding hydrogens is 480 g/mol. The standard InChI is InChI=1S/C36H60O3/c1-10-11-17-36(9,38)39-23-33(6)27-15-20-35(8)28(32(27,5)19-16-29(33)37)13-12-26-30-25(3)24(2)14-18-31(30,4)21-22-34(26,35)7/h11,17,24-28,30,38H,10,12-16,18-23H2,1-9H3/t24-,25+,26-,27-,28-,30+,31-,32+,33-,34-,35-,36+/m1/s1. The van der Waals surface area contributed by atoms with Crippen molar-refractivity contribution in [3.05, 3.63) is 12.2 Å². The molecule has 1 N–H and O–H groups in total. The molecule has 5 saturated carbocycles. The molecule has 0 saturated heterocycles. The van der Waals surface area contributed by atoms with Crippen molar-refractivity contribution in [3.63, 3.8) is 0 Å². The number of aliphatic hydroxyl groups is 1. The van der Waals surface area contributed by atoms with Gasteiger partial charge < -0.3 is 9.84 Å². The van der Waals surface area contributed by atoms with Crippen LogP contribution in [-0.2, 0) is 9.53 Å². The van der Waals surface area contributed by atoms with E-state index in [9.17, 15) is 9.90 Å². The number of Topliss-reactive ketones (excluding diaryl/α,β-unsaturated/α-hetero) is 1. The highest BCUT2D eigenvalue weighted by atomic mass is 16.6. The number of carbonyl (C=O) groups is 1. The Labute approximate surface area is 240 Å². The Morgan fingerprint density at radius 1 is 0.923 bits per heavy atom. The summed E-state index contributed by atoms with van der Waals surface area (Å²) >= 11 is 0. The fraction of sp³-hybridized carbons (Fsp3) is 0.917. The number of carbonyl (C=O) groups excluding carboxylic acids is 1. The summed E-state index contributed by atoms with van der Waals surface area (Å²) in [6, 6.07) is 0. The van der Waals surface area contributed by atoms with Crippen LogP contribution in [0.1, 0.15) is 133 Å². The van der Waals surface area contributed by atoms with Gasteiger partial charge in [0.2, 0.25) is 0 Å². The number of allylic oxidation sites excluding steroid dienone is 1. The van der Waals surface area contributed by atoms with Gasteiger partial charge in [-0.05, 0) is 134 Å². The summed E-state index contributed by atoms with van der Waals surface area (Å²) in [4.78, 5) is 13.7. The maximum atomic E-state index is 13.7. The monoisotopic (exact) mass is 540 g/mol. The van der Waals surface area contributed by atoms with Crippen LogP contribution < -0.4 is 0 Å². The van der Waals surface area contributed by atoms with Gasteiger partial charge in [0.05, 0.1) is 12.0 Å². The second kappa shape index (κ2) is 9.68. The van der Waals surface area contributed by atoms with Gasteiger partial charge in [0.25, 0.3) is 0 Å². The Kier molecular flexibility index (Phi) is 7.40. The van der Waals surface area contributed by atoms with E-state index >= 15 is 0 Å². The molecule has 5 aliphatic carbocycles. The maximum absolute atomic E-state index is 13.7. The average Bonchev–Trinajstić information content (AvgIpc) is 2.88. The summed E-state index contributed by atoms with van der Waals surface area (Å²) in [5, 5.41) is 10.9. The van der Waals surface area contributed by atoms with Crippen LogP contribution in [0, 0.1) is 62.6 Å². The highest BCUT2D eigenvalue weighted by Gasteiger charge is 2.70. The van der Waals surface area contributed by atoms with Crippen molar-refractivity contribution < 1.29 is 14.6 Å². The minimum Gasteiger partial charge on any atom is -0.362 e. The molecule has 0 bridgehead atoms. The number of ether oxygens (including phenoxy) is 1. The van der Waals surface area contributed by atoms with Crippen molar-refractivity contribution in [2.45, 2.75) is 139 Å². The lowest BCUT2D eigenvalue weighted by atomic mass is 9.31. The average molecular weight is 541 g/mol. The van der Waals surface area contributed by atoms with Gasteiger partial charge >= 0.3 is 0 Å². The summed E-state index contributed by atoms with van der Waals surface area (Å²) in [7, 11) is 0. The Morgan fingerprint density at radius 2 is 1.64 bits per heavy atom. The molecule has 0 spiro atoms. The molecule has 0 aromatic heterocycles. The molecule has 0 amide bonds. The van der Waals surface area contributed by atoms with E-state index in [0.717, 1.165) is 42.9 Å². The van der Waals surface area contributed by atoms with E-state index in [1.165, 1.54) is 44.9 Å². The second-order valence-electron chi connectivity index (χ2n) is 16.7. The molecule has 3 heteroatoms. The molecule has 0 radical (unpaired) electrons. The molecule has 12 atom stereocenters. The number of hydrogen-bond acceptors (Lipinski definition) is 3. The van der Waals surface area contributed by atoms with Gasteiger partial charge in [-0.1, -0.05) is 61.5 Å². The van der Waals surface area contributed by atoms with E-state index in [0.29, 0.717) is 46.9 Å². The molecule has 3 nitrogen and oxygen atoms in total. The van der Waals surface area contributed by atoms with Crippen molar-refractivity contribution in [1.29, 1.82) is 0 Å². The quantitative estimate of drug-likeness (QED) is 0.279. The largest absolute Gasteiger partial charge is 0.362 e. The molecule has 5 aliphatic rings. The molecule has 0 unspecified atom stereocenters. The molecular formula is C36H60O3. The summed E-state index contributed by atoms with van der Waals surface area (Å²) < 4.78 is 6.15. The summed E-state index contributed by atoms with van der Waals surface area (Å²) in [6.45, 7) is 22.0. The van der Waals surface area contributed by atoms with E-state index in [-0.39, 0.29) is 5.41 Å². The highest BCUT2D eigenvalue weighted by molar-refractivity contribution is 5.86. The Morgan fingerprint density at radius 3 is 2.33 bits per heavy atom. The number of fused-ring (bicyclic) bond motifs is 7. The summed E-state index contributed by atoms with van der Waals surface area (Å²) in [6.07, 6.45) is 16.9. The number of rotatable bonds is 5. The van der Waals surface area contributed by atoms with Gasteiger partial charge in [-0.25, -0.2) is 0 Å². The van der Waals surface area contributed by atoms with Crippen molar-refractivity contribution in [2.75, 3.05) is 6.61 Å². The summed E-state index contributed by atoms with van der Waals surface area (Å²) in [5.74, 6) is 3.34. The fourth-order valence-electron chi connectivity index (χ4n) is 12.2. The van der Waals surface area contributed by atoms with E-state index in [2.05, 4.69) is 55.4 Å². The Hall–Kier alpha value is -0.670. The fourth-order valence-corrected chi connectivity index (χ4v) is 12.2. The van der Waals surface area contributed by atoms with Crippen molar-refractivity contribution in [2.24, 2.45) is 62.6 Å². The van der Waals surface area contributed by atoms with E-state index < -0.39 is 11.2 Å². The molecule has 5 fully saturated rings. The minimum atomic E-state index is -1.33. The first kappa shape index (κ1) is 29.8. The molecule has 0 aliphatic heterocycles. The highest BCUT2D eigenvalue weighted by Crippen LogP contribution is 2.76. The lowest BCUT2D eigenvalue weighted by Crippen LogP contribution is -2.67. The normalized spacial score (nSPS) is 53.3. The van der Waals surface area contributed by atoms with Crippen LogP contribution in [0.25, 0.3) is 0 Å². The third-order valence-corrected chi connectivity index (χ3v) is 14.9. The minimum absolute atomic E-state index is 0.143. The molecule has 0 aromatic carbocycles. The van der Waals surface area contributed by atoms with Crippen LogP contribution in [0.4, 0.5) is 0 Å². The maximum Gasteiger partial charge on any atom is 0.182 e. The van der Waals surface area contributed by atoms with Crippen molar-refractivity contribution in [1.82, 2.24) is 0 Å². The first-order chi connectivity index (χ1) is 18.1. The first-order valence-electron chi connectivity index (χ1n) is 16.7. The van der Waals surface area contributed by atoms with Crippen LogP contribution >= 0.6 is 0 Å².